The van der Waals surface area contributed by atoms with E-state index in [-0.39, 0.29) is 17.9 Å². The Labute approximate surface area is 226 Å². The fourth-order valence-corrected chi connectivity index (χ4v) is 11.5. The van der Waals surface area contributed by atoms with Crippen molar-refractivity contribution < 1.29 is 17.7 Å². The van der Waals surface area contributed by atoms with Gasteiger partial charge in [-0.2, -0.15) is 0 Å². The number of sulfonamides is 1. The molecule has 4 aliphatic carbocycles. The molecule has 7 rings (SSSR count). The van der Waals surface area contributed by atoms with Crippen molar-refractivity contribution in [1.82, 2.24) is 24.6 Å². The fourth-order valence-electron chi connectivity index (χ4n) is 8.69. The normalized spacial score (nSPS) is 36.1. The smallest absolute Gasteiger partial charge is 0.273 e. The zero-order valence-electron chi connectivity index (χ0n) is 22.7. The summed E-state index contributed by atoms with van der Waals surface area (Å²) in [6.45, 7) is 5.97. The summed E-state index contributed by atoms with van der Waals surface area (Å²) in [4.78, 5) is 17.8. The van der Waals surface area contributed by atoms with Crippen molar-refractivity contribution in [3.8, 4) is 0 Å². The van der Waals surface area contributed by atoms with Crippen LogP contribution in [-0.2, 0) is 10.0 Å². The molecular formula is C28H43N5O4S. The van der Waals surface area contributed by atoms with Gasteiger partial charge in [-0.05, 0) is 102 Å². The topological polar surface area (TPSA) is 99.0 Å². The van der Waals surface area contributed by atoms with E-state index in [0.29, 0.717) is 42.6 Å². The minimum Gasteiger partial charge on any atom is -0.360 e. The molecule has 1 aromatic heterocycles. The van der Waals surface area contributed by atoms with Crippen LogP contribution in [0.4, 0.5) is 0 Å². The molecule has 1 aromatic rings. The zero-order valence-corrected chi connectivity index (χ0v) is 23.5. The van der Waals surface area contributed by atoms with E-state index in [1.807, 2.05) is 4.31 Å². The van der Waals surface area contributed by atoms with Gasteiger partial charge in [-0.25, -0.2) is 12.7 Å². The number of nitrogens with one attached hydrogen (secondary N) is 1. The molecule has 0 spiro atoms. The lowest BCUT2D eigenvalue weighted by molar-refractivity contribution is -0.108. The summed E-state index contributed by atoms with van der Waals surface area (Å²) in [5, 5.41) is 7.16. The fraction of sp³-hybridized carbons (Fsp3) is 0.857. The maximum Gasteiger partial charge on any atom is 0.273 e. The SMILES string of the molecule is CN(CCN1CCCC1)C1CCN(S(=O)(=O)C23C[C@H]4C[C@@H](NC(=O)c5cc(C6CC6)on5)C[C@@H](C2)C43)CC1. The Bertz CT molecular complexity index is 1140. The third kappa shape index (κ3) is 4.25. The van der Waals surface area contributed by atoms with E-state index in [0.717, 1.165) is 70.2 Å². The first-order chi connectivity index (χ1) is 18.3. The second-order valence-corrected chi connectivity index (χ2v) is 15.5. The molecule has 2 unspecified atom stereocenters. The Morgan fingerprint density at radius 1 is 1.11 bits per heavy atom. The minimum atomic E-state index is -3.29. The number of hydrogen-bond acceptors (Lipinski definition) is 7. The molecule has 210 valence electrons. The molecule has 6 fully saturated rings. The highest BCUT2D eigenvalue weighted by atomic mass is 32.2. The van der Waals surface area contributed by atoms with Crippen LogP contribution in [-0.4, -0.2) is 96.7 Å². The van der Waals surface area contributed by atoms with E-state index < -0.39 is 14.8 Å². The van der Waals surface area contributed by atoms with E-state index in [4.69, 9.17) is 4.52 Å². The lowest BCUT2D eigenvalue weighted by atomic mass is 9.42. The highest BCUT2D eigenvalue weighted by Gasteiger charge is 2.73. The first-order valence-electron chi connectivity index (χ1n) is 15.0. The number of nitrogens with zero attached hydrogens (tertiary/aromatic N) is 4. The van der Waals surface area contributed by atoms with Crippen LogP contribution >= 0.6 is 0 Å². The molecule has 2 aliphatic heterocycles. The van der Waals surface area contributed by atoms with Gasteiger partial charge in [-0.1, -0.05) is 5.16 Å². The average Bonchev–Trinajstić information content (AvgIpc) is 3.36. The summed E-state index contributed by atoms with van der Waals surface area (Å²) in [6.07, 6.45) is 10.0. The van der Waals surface area contributed by atoms with Gasteiger partial charge in [0.25, 0.3) is 5.91 Å². The first-order valence-corrected chi connectivity index (χ1v) is 16.5. The van der Waals surface area contributed by atoms with E-state index in [1.54, 1.807) is 6.07 Å². The summed E-state index contributed by atoms with van der Waals surface area (Å²) >= 11 is 0. The molecule has 2 saturated heterocycles. The summed E-state index contributed by atoms with van der Waals surface area (Å²) in [5.41, 5.74) is 0.373. The minimum absolute atomic E-state index is 0.0997. The Morgan fingerprint density at radius 2 is 1.79 bits per heavy atom. The van der Waals surface area contributed by atoms with Crippen molar-refractivity contribution in [2.75, 3.05) is 46.3 Å². The van der Waals surface area contributed by atoms with E-state index in [9.17, 15) is 13.2 Å². The molecule has 1 amide bonds. The Balaban J connectivity index is 0.907. The van der Waals surface area contributed by atoms with Crippen molar-refractivity contribution in [3.05, 3.63) is 17.5 Å². The quantitative estimate of drug-likeness (QED) is 0.509. The van der Waals surface area contributed by atoms with Crippen LogP contribution in [0.3, 0.4) is 0 Å². The number of hydrogen-bond donors (Lipinski definition) is 1. The van der Waals surface area contributed by atoms with Gasteiger partial charge in [0, 0.05) is 50.2 Å². The molecule has 4 saturated carbocycles. The molecule has 9 nitrogen and oxygen atoms in total. The lowest BCUT2D eigenvalue weighted by Crippen LogP contribution is -2.75. The predicted octanol–water partition coefficient (Wildman–Crippen LogP) is 2.66. The lowest BCUT2D eigenvalue weighted by Gasteiger charge is -2.70. The number of piperidine rings is 1. The first kappa shape index (κ1) is 25.5. The van der Waals surface area contributed by atoms with Gasteiger partial charge in [0.15, 0.2) is 5.69 Å². The van der Waals surface area contributed by atoms with Crippen LogP contribution in [0.15, 0.2) is 10.6 Å². The number of likely N-dealkylation sites (tertiary alicyclic amines) is 1. The van der Waals surface area contributed by atoms with E-state index in [2.05, 4.69) is 27.3 Å². The van der Waals surface area contributed by atoms with Crippen LogP contribution in [0.5, 0.6) is 0 Å². The van der Waals surface area contributed by atoms with Gasteiger partial charge >= 0.3 is 0 Å². The highest BCUT2D eigenvalue weighted by molar-refractivity contribution is 7.90. The van der Waals surface area contributed by atoms with Crippen molar-refractivity contribution in [2.45, 2.75) is 87.0 Å². The predicted molar refractivity (Wildman–Crippen MR) is 143 cm³/mol. The van der Waals surface area contributed by atoms with Crippen LogP contribution < -0.4 is 5.32 Å². The standard InChI is InChI=1S/C28H43N5O4S/c1-31(12-13-32-8-2-3-9-32)23-6-10-33(11-7-23)38(35,36)28-17-20-14-22(15-21(18-28)26(20)28)29-27(34)24-16-25(37-30-24)19-4-5-19/h16,19-23,26H,2-15,17-18H2,1H3,(H,29,34)/t20-,21+,22-,26?,28?. The second-order valence-electron chi connectivity index (χ2n) is 13.2. The number of carbonyl (C=O) groups excluding carboxylic acids is 1. The summed E-state index contributed by atoms with van der Waals surface area (Å²) in [6, 6.07) is 2.37. The van der Waals surface area contributed by atoms with Crippen molar-refractivity contribution in [2.24, 2.45) is 17.8 Å². The number of carbonyl (C=O) groups is 1. The summed E-state index contributed by atoms with van der Waals surface area (Å²) in [5.74, 6) is 2.17. The Kier molecular flexibility index (Phi) is 6.41. The maximum absolute atomic E-state index is 13.9. The van der Waals surface area contributed by atoms with Crippen LogP contribution in [0, 0.1) is 17.8 Å². The van der Waals surface area contributed by atoms with Gasteiger partial charge < -0.3 is 19.6 Å². The number of rotatable bonds is 9. The van der Waals surface area contributed by atoms with Gasteiger partial charge in [0.1, 0.15) is 5.76 Å². The number of likely N-dealkylation sites (N-methyl/N-ethyl adjacent to an activating group) is 1. The molecule has 3 heterocycles. The second kappa shape index (κ2) is 9.56. The molecule has 1 N–H and O–H groups in total. The molecule has 10 heteroatoms. The van der Waals surface area contributed by atoms with Crippen molar-refractivity contribution >= 4 is 15.9 Å². The average molecular weight is 546 g/mol. The number of amides is 1. The monoisotopic (exact) mass is 545 g/mol. The molecule has 6 aliphatic rings. The molecule has 0 radical (unpaired) electrons. The molecule has 0 bridgehead atoms. The van der Waals surface area contributed by atoms with Crippen molar-refractivity contribution in [3.63, 3.8) is 0 Å². The van der Waals surface area contributed by atoms with Gasteiger partial charge in [0.05, 0.1) is 4.75 Å². The molecule has 0 aromatic carbocycles. The van der Waals surface area contributed by atoms with Crippen LogP contribution in [0.1, 0.15) is 86.4 Å². The maximum atomic E-state index is 13.9. The third-order valence-corrected chi connectivity index (χ3v) is 13.6. The largest absolute Gasteiger partial charge is 0.360 e. The Morgan fingerprint density at radius 3 is 2.45 bits per heavy atom. The van der Waals surface area contributed by atoms with Crippen molar-refractivity contribution in [1.29, 1.82) is 0 Å². The van der Waals surface area contributed by atoms with E-state index in [1.165, 1.54) is 25.9 Å². The highest BCUT2D eigenvalue weighted by Crippen LogP contribution is 2.69. The van der Waals surface area contributed by atoms with Crippen LogP contribution in [0.2, 0.25) is 0 Å². The summed E-state index contributed by atoms with van der Waals surface area (Å²) in [7, 11) is -1.08. The third-order valence-electron chi connectivity index (χ3n) is 11.0. The van der Waals surface area contributed by atoms with Crippen LogP contribution in [0.25, 0.3) is 0 Å². The van der Waals surface area contributed by atoms with Gasteiger partial charge in [-0.15, -0.1) is 0 Å². The van der Waals surface area contributed by atoms with Gasteiger partial charge in [0.2, 0.25) is 10.0 Å². The molecular weight excluding hydrogens is 502 g/mol. The zero-order chi connectivity index (χ0) is 26.1. The summed E-state index contributed by atoms with van der Waals surface area (Å²) < 4.78 is 34.4. The Hall–Kier alpha value is -1.49. The number of aromatic nitrogens is 1. The van der Waals surface area contributed by atoms with E-state index >= 15 is 0 Å². The molecule has 5 atom stereocenters. The van der Waals surface area contributed by atoms with Gasteiger partial charge in [-0.3, -0.25) is 4.79 Å². The molecule has 38 heavy (non-hydrogen) atoms.